The third-order valence-corrected chi connectivity index (χ3v) is 3.30. The predicted molar refractivity (Wildman–Crippen MR) is 64.6 cm³/mol. The van der Waals surface area contributed by atoms with Gasteiger partial charge in [0, 0.05) is 13.2 Å². The lowest BCUT2D eigenvalue weighted by atomic mass is 10.1. The normalized spacial score (nSPS) is 19.3. The van der Waals surface area contributed by atoms with Crippen molar-refractivity contribution in [2.45, 2.75) is 51.7 Å². The van der Waals surface area contributed by atoms with Crippen LogP contribution in [0.25, 0.3) is 0 Å². The zero-order valence-corrected chi connectivity index (χ0v) is 10.6. The Labute approximate surface area is 106 Å². The summed E-state index contributed by atoms with van der Waals surface area (Å²) in [6.07, 6.45) is 5.24. The zero-order valence-electron chi connectivity index (χ0n) is 10.6. The number of carboxylic acid groups (broad SMARTS) is 1. The van der Waals surface area contributed by atoms with Gasteiger partial charge >= 0.3 is 5.97 Å². The second kappa shape index (κ2) is 5.95. The molecule has 1 unspecified atom stereocenters. The van der Waals surface area contributed by atoms with E-state index in [1.165, 1.54) is 0 Å². The minimum absolute atomic E-state index is 0.0783. The van der Waals surface area contributed by atoms with Crippen molar-refractivity contribution in [2.24, 2.45) is 0 Å². The predicted octanol–water partition coefficient (Wildman–Crippen LogP) is 1.50. The number of hydrogen-bond acceptors (Lipinski definition) is 4. The number of hydrogen-bond donors (Lipinski definition) is 1. The molecule has 1 N–H and O–H groups in total. The van der Waals surface area contributed by atoms with Crippen LogP contribution in [-0.4, -0.2) is 38.8 Å². The number of nitrogens with zero attached hydrogens (tertiary/aromatic N) is 3. The molecule has 1 saturated heterocycles. The first-order valence-corrected chi connectivity index (χ1v) is 6.49. The molecule has 18 heavy (non-hydrogen) atoms. The highest BCUT2D eigenvalue weighted by Gasteiger charge is 2.18. The lowest BCUT2D eigenvalue weighted by molar-refractivity contribution is 0.0689. The van der Waals surface area contributed by atoms with E-state index >= 15 is 0 Å². The highest BCUT2D eigenvalue weighted by molar-refractivity contribution is 5.86. The van der Waals surface area contributed by atoms with Crippen molar-refractivity contribution in [3.8, 4) is 0 Å². The molecule has 0 radical (unpaired) electrons. The molecule has 1 atom stereocenters. The van der Waals surface area contributed by atoms with Crippen LogP contribution in [0.2, 0.25) is 0 Å². The Bertz CT molecular complexity index is 411. The maximum Gasteiger partial charge on any atom is 0.358 e. The van der Waals surface area contributed by atoms with Crippen LogP contribution in [0, 0.1) is 0 Å². The minimum atomic E-state index is -1.00. The van der Waals surface area contributed by atoms with Crippen LogP contribution in [-0.2, 0) is 17.7 Å². The third kappa shape index (κ3) is 2.87. The highest BCUT2D eigenvalue weighted by Crippen LogP contribution is 2.17. The summed E-state index contributed by atoms with van der Waals surface area (Å²) >= 11 is 0. The molecule has 1 aromatic rings. The fourth-order valence-electron chi connectivity index (χ4n) is 2.37. The molecule has 0 aromatic carbocycles. The number of carbonyl (C=O) groups is 1. The van der Waals surface area contributed by atoms with Crippen molar-refractivity contribution in [3.05, 3.63) is 11.4 Å². The maximum absolute atomic E-state index is 10.9. The molecule has 1 aliphatic rings. The molecule has 6 heteroatoms. The first kappa shape index (κ1) is 13.0. The monoisotopic (exact) mass is 253 g/mol. The van der Waals surface area contributed by atoms with Crippen molar-refractivity contribution in [1.82, 2.24) is 15.0 Å². The van der Waals surface area contributed by atoms with Crippen molar-refractivity contribution in [3.63, 3.8) is 0 Å². The fourth-order valence-corrected chi connectivity index (χ4v) is 2.37. The Balaban J connectivity index is 1.90. The topological polar surface area (TPSA) is 77.2 Å². The average molecular weight is 253 g/mol. The van der Waals surface area contributed by atoms with Gasteiger partial charge in [-0.15, -0.1) is 5.10 Å². The zero-order chi connectivity index (χ0) is 13.0. The van der Waals surface area contributed by atoms with Crippen molar-refractivity contribution in [1.29, 1.82) is 0 Å². The van der Waals surface area contributed by atoms with Crippen LogP contribution in [0.5, 0.6) is 0 Å². The minimum Gasteiger partial charge on any atom is -0.476 e. The Morgan fingerprint density at radius 3 is 3.06 bits per heavy atom. The molecule has 1 fully saturated rings. The Hall–Kier alpha value is -1.43. The summed E-state index contributed by atoms with van der Waals surface area (Å²) in [5, 5.41) is 16.6. The molecule has 0 bridgehead atoms. The maximum atomic E-state index is 10.9. The van der Waals surface area contributed by atoms with E-state index < -0.39 is 5.97 Å². The van der Waals surface area contributed by atoms with Gasteiger partial charge in [0.1, 0.15) is 0 Å². The summed E-state index contributed by atoms with van der Waals surface area (Å²) < 4.78 is 7.26. The van der Waals surface area contributed by atoms with Crippen LogP contribution in [0.4, 0.5) is 0 Å². The molecule has 0 spiro atoms. The van der Waals surface area contributed by atoms with E-state index in [1.807, 2.05) is 6.92 Å². The Morgan fingerprint density at radius 1 is 1.61 bits per heavy atom. The van der Waals surface area contributed by atoms with Crippen LogP contribution in [0.1, 0.15) is 48.8 Å². The number of ether oxygens (including phenoxy) is 1. The van der Waals surface area contributed by atoms with Crippen molar-refractivity contribution in [2.75, 3.05) is 6.61 Å². The van der Waals surface area contributed by atoms with Gasteiger partial charge in [-0.1, -0.05) is 12.1 Å². The first-order valence-electron chi connectivity index (χ1n) is 6.49. The van der Waals surface area contributed by atoms with E-state index in [1.54, 1.807) is 4.68 Å². The molecule has 0 saturated carbocycles. The quantitative estimate of drug-likeness (QED) is 0.831. The lowest BCUT2D eigenvalue weighted by Crippen LogP contribution is -2.11. The smallest absolute Gasteiger partial charge is 0.358 e. The fraction of sp³-hybridized carbons (Fsp3) is 0.750. The van der Waals surface area contributed by atoms with Gasteiger partial charge in [0.2, 0.25) is 0 Å². The van der Waals surface area contributed by atoms with Crippen molar-refractivity contribution < 1.29 is 14.6 Å². The molecular formula is C12H19N3O3. The largest absolute Gasteiger partial charge is 0.476 e. The molecular weight excluding hydrogens is 234 g/mol. The number of carboxylic acids is 1. The van der Waals surface area contributed by atoms with Gasteiger partial charge in [-0.2, -0.15) is 0 Å². The molecule has 2 heterocycles. The molecule has 0 amide bonds. The second-order valence-corrected chi connectivity index (χ2v) is 4.54. The van der Waals surface area contributed by atoms with E-state index in [2.05, 4.69) is 10.3 Å². The average Bonchev–Trinajstić information content (AvgIpc) is 2.97. The number of aromatic nitrogens is 3. The SMILES string of the molecule is CCc1c(C(=O)O)nnn1CCCC1CCCO1. The Kier molecular flexibility index (Phi) is 4.30. The summed E-state index contributed by atoms with van der Waals surface area (Å²) in [5.74, 6) is -1.00. The van der Waals surface area contributed by atoms with E-state index in [0.29, 0.717) is 24.8 Å². The van der Waals surface area contributed by atoms with Crippen LogP contribution in [0.15, 0.2) is 0 Å². The summed E-state index contributed by atoms with van der Waals surface area (Å²) in [6, 6.07) is 0. The highest BCUT2D eigenvalue weighted by atomic mass is 16.5. The third-order valence-electron chi connectivity index (χ3n) is 3.30. The van der Waals surface area contributed by atoms with Gasteiger partial charge in [-0.25, -0.2) is 9.48 Å². The molecule has 100 valence electrons. The second-order valence-electron chi connectivity index (χ2n) is 4.54. The van der Waals surface area contributed by atoms with E-state index in [0.717, 1.165) is 32.3 Å². The summed E-state index contributed by atoms with van der Waals surface area (Å²) in [5.41, 5.74) is 0.782. The first-order chi connectivity index (χ1) is 8.72. The number of aryl methyl sites for hydroxylation is 1. The number of aromatic carboxylic acids is 1. The van der Waals surface area contributed by atoms with Gasteiger partial charge in [0.15, 0.2) is 5.69 Å². The standard InChI is InChI=1S/C12H19N3O3/c1-2-10-11(12(16)17)13-14-15(10)7-3-5-9-6-4-8-18-9/h9H,2-8H2,1H3,(H,16,17). The van der Waals surface area contributed by atoms with E-state index in [9.17, 15) is 4.79 Å². The van der Waals surface area contributed by atoms with Crippen LogP contribution >= 0.6 is 0 Å². The molecule has 1 aliphatic heterocycles. The van der Waals surface area contributed by atoms with E-state index in [-0.39, 0.29) is 5.69 Å². The summed E-state index contributed by atoms with van der Waals surface area (Å²) in [7, 11) is 0. The summed E-state index contributed by atoms with van der Waals surface area (Å²) in [4.78, 5) is 10.9. The lowest BCUT2D eigenvalue weighted by Gasteiger charge is -2.09. The van der Waals surface area contributed by atoms with Crippen LogP contribution < -0.4 is 0 Å². The van der Waals surface area contributed by atoms with Gasteiger partial charge in [0.05, 0.1) is 11.8 Å². The van der Waals surface area contributed by atoms with Gasteiger partial charge < -0.3 is 9.84 Å². The van der Waals surface area contributed by atoms with Gasteiger partial charge in [-0.3, -0.25) is 0 Å². The molecule has 6 nitrogen and oxygen atoms in total. The van der Waals surface area contributed by atoms with E-state index in [4.69, 9.17) is 9.84 Å². The van der Waals surface area contributed by atoms with Gasteiger partial charge in [-0.05, 0) is 32.1 Å². The summed E-state index contributed by atoms with van der Waals surface area (Å²) in [6.45, 7) is 3.50. The van der Waals surface area contributed by atoms with Crippen LogP contribution in [0.3, 0.4) is 0 Å². The number of rotatable bonds is 6. The Morgan fingerprint density at radius 2 is 2.44 bits per heavy atom. The molecule has 0 aliphatic carbocycles. The van der Waals surface area contributed by atoms with Crippen molar-refractivity contribution >= 4 is 5.97 Å². The van der Waals surface area contributed by atoms with Gasteiger partial charge in [0.25, 0.3) is 0 Å². The molecule has 1 aromatic heterocycles. The molecule has 2 rings (SSSR count).